The molecule has 1 unspecified atom stereocenters. The molecular formula is C15H23NO. The molecule has 0 amide bonds. The summed E-state index contributed by atoms with van der Waals surface area (Å²) >= 11 is 0. The van der Waals surface area contributed by atoms with Gasteiger partial charge < -0.3 is 10.4 Å². The van der Waals surface area contributed by atoms with Gasteiger partial charge in [0.25, 0.3) is 0 Å². The summed E-state index contributed by atoms with van der Waals surface area (Å²) < 4.78 is 0. The van der Waals surface area contributed by atoms with Crippen molar-refractivity contribution in [3.05, 3.63) is 34.9 Å². The van der Waals surface area contributed by atoms with Gasteiger partial charge in [0, 0.05) is 12.6 Å². The van der Waals surface area contributed by atoms with E-state index in [1.807, 2.05) is 0 Å². The molecule has 0 spiro atoms. The Morgan fingerprint density at radius 2 is 2.12 bits per heavy atom. The molecule has 1 fully saturated rings. The first kappa shape index (κ1) is 12.6. The molecule has 0 radical (unpaired) electrons. The summed E-state index contributed by atoms with van der Waals surface area (Å²) in [4.78, 5) is 0. The summed E-state index contributed by atoms with van der Waals surface area (Å²) in [5.41, 5.74) is 4.00. The average Bonchev–Trinajstić information content (AvgIpc) is 3.11. The van der Waals surface area contributed by atoms with Crippen molar-refractivity contribution in [2.24, 2.45) is 0 Å². The van der Waals surface area contributed by atoms with E-state index in [9.17, 15) is 5.11 Å². The predicted octanol–water partition coefficient (Wildman–Crippen LogP) is 2.35. The third-order valence-electron chi connectivity index (χ3n) is 3.47. The average molecular weight is 233 g/mol. The number of aliphatic hydroxyl groups excluding tert-OH is 1. The molecule has 0 aliphatic heterocycles. The zero-order valence-corrected chi connectivity index (χ0v) is 10.9. The van der Waals surface area contributed by atoms with Gasteiger partial charge in [-0.3, -0.25) is 0 Å². The van der Waals surface area contributed by atoms with Gasteiger partial charge in [0.2, 0.25) is 0 Å². The minimum Gasteiger partial charge on any atom is -0.392 e. The number of hydrogen-bond donors (Lipinski definition) is 2. The van der Waals surface area contributed by atoms with Crippen molar-refractivity contribution in [1.29, 1.82) is 0 Å². The number of hydrogen-bond acceptors (Lipinski definition) is 2. The Labute approximate surface area is 104 Å². The minimum absolute atomic E-state index is 0.212. The lowest BCUT2D eigenvalue weighted by Gasteiger charge is -2.13. The van der Waals surface area contributed by atoms with Crippen LogP contribution in [0.5, 0.6) is 0 Å². The first-order valence-corrected chi connectivity index (χ1v) is 6.63. The van der Waals surface area contributed by atoms with Crippen molar-refractivity contribution in [2.75, 3.05) is 6.54 Å². The molecule has 0 aromatic heterocycles. The molecule has 1 atom stereocenters. The molecule has 0 heterocycles. The van der Waals surface area contributed by atoms with Crippen molar-refractivity contribution in [3.8, 4) is 0 Å². The van der Waals surface area contributed by atoms with Crippen LogP contribution in [-0.2, 0) is 6.42 Å². The van der Waals surface area contributed by atoms with Crippen molar-refractivity contribution in [3.63, 3.8) is 0 Å². The second kappa shape index (κ2) is 5.65. The molecule has 2 nitrogen and oxygen atoms in total. The van der Waals surface area contributed by atoms with Crippen LogP contribution in [0.15, 0.2) is 18.2 Å². The summed E-state index contributed by atoms with van der Waals surface area (Å²) in [6.07, 6.45) is 4.17. The van der Waals surface area contributed by atoms with Gasteiger partial charge in [0.05, 0.1) is 6.10 Å². The quantitative estimate of drug-likeness (QED) is 0.790. The molecule has 2 rings (SSSR count). The fraction of sp³-hybridized carbons (Fsp3) is 0.600. The van der Waals surface area contributed by atoms with Crippen LogP contribution in [0.25, 0.3) is 0 Å². The molecule has 17 heavy (non-hydrogen) atoms. The van der Waals surface area contributed by atoms with E-state index in [-0.39, 0.29) is 6.10 Å². The number of rotatable bonds is 6. The van der Waals surface area contributed by atoms with Crippen LogP contribution >= 0.6 is 0 Å². The molecule has 1 saturated carbocycles. The van der Waals surface area contributed by atoms with E-state index < -0.39 is 0 Å². The fourth-order valence-electron chi connectivity index (χ4n) is 2.08. The number of aryl methyl sites for hydroxylation is 3. The zero-order valence-electron chi connectivity index (χ0n) is 10.9. The highest BCUT2D eigenvalue weighted by Gasteiger charge is 2.21. The molecular weight excluding hydrogens is 210 g/mol. The third-order valence-corrected chi connectivity index (χ3v) is 3.47. The largest absolute Gasteiger partial charge is 0.392 e. The minimum atomic E-state index is -0.212. The Bertz CT molecular complexity index is 371. The summed E-state index contributed by atoms with van der Waals surface area (Å²) in [5, 5.41) is 13.3. The van der Waals surface area contributed by atoms with Gasteiger partial charge in [-0.05, 0) is 50.7 Å². The first-order valence-electron chi connectivity index (χ1n) is 6.63. The molecule has 94 valence electrons. The summed E-state index contributed by atoms with van der Waals surface area (Å²) in [7, 11) is 0. The van der Waals surface area contributed by atoms with Crippen LogP contribution in [0.1, 0.15) is 36.0 Å². The van der Waals surface area contributed by atoms with Crippen molar-refractivity contribution < 1.29 is 5.11 Å². The van der Waals surface area contributed by atoms with Gasteiger partial charge in [0.15, 0.2) is 0 Å². The van der Waals surface area contributed by atoms with Crippen molar-refractivity contribution in [2.45, 2.75) is 51.7 Å². The second-order valence-corrected chi connectivity index (χ2v) is 5.30. The number of benzene rings is 1. The summed E-state index contributed by atoms with van der Waals surface area (Å²) in [5.74, 6) is 0. The van der Waals surface area contributed by atoms with E-state index in [2.05, 4.69) is 37.4 Å². The first-order chi connectivity index (χ1) is 8.15. The smallest absolute Gasteiger partial charge is 0.0667 e. The van der Waals surface area contributed by atoms with E-state index in [4.69, 9.17) is 0 Å². The standard InChI is InChI=1S/C15H23NO/c1-11-3-4-12(2)13(9-11)5-8-15(17)10-16-14-6-7-14/h3-4,9,14-17H,5-8,10H2,1-2H3. The van der Waals surface area contributed by atoms with Crippen molar-refractivity contribution >= 4 is 0 Å². The SMILES string of the molecule is Cc1ccc(C)c(CCC(O)CNC2CC2)c1. The lowest BCUT2D eigenvalue weighted by molar-refractivity contribution is 0.161. The van der Waals surface area contributed by atoms with Gasteiger partial charge in [0.1, 0.15) is 0 Å². The highest BCUT2D eigenvalue weighted by atomic mass is 16.3. The monoisotopic (exact) mass is 233 g/mol. The van der Waals surface area contributed by atoms with Gasteiger partial charge >= 0.3 is 0 Å². The van der Waals surface area contributed by atoms with E-state index in [0.29, 0.717) is 6.04 Å². The Morgan fingerprint density at radius 3 is 2.82 bits per heavy atom. The maximum atomic E-state index is 9.88. The Hall–Kier alpha value is -0.860. The van der Waals surface area contributed by atoms with Crippen LogP contribution in [0, 0.1) is 13.8 Å². The fourth-order valence-corrected chi connectivity index (χ4v) is 2.08. The van der Waals surface area contributed by atoms with E-state index in [1.54, 1.807) is 0 Å². The molecule has 2 N–H and O–H groups in total. The molecule has 2 heteroatoms. The van der Waals surface area contributed by atoms with Crippen LogP contribution in [0.3, 0.4) is 0 Å². The molecule has 1 aromatic rings. The Kier molecular flexibility index (Phi) is 4.19. The maximum Gasteiger partial charge on any atom is 0.0667 e. The predicted molar refractivity (Wildman–Crippen MR) is 71.3 cm³/mol. The van der Waals surface area contributed by atoms with Crippen LogP contribution in [0.4, 0.5) is 0 Å². The lowest BCUT2D eigenvalue weighted by atomic mass is 10.00. The topological polar surface area (TPSA) is 32.3 Å². The van der Waals surface area contributed by atoms with Gasteiger partial charge in [-0.2, -0.15) is 0 Å². The van der Waals surface area contributed by atoms with Crippen molar-refractivity contribution in [1.82, 2.24) is 5.32 Å². The maximum absolute atomic E-state index is 9.88. The second-order valence-electron chi connectivity index (χ2n) is 5.30. The van der Waals surface area contributed by atoms with E-state index in [1.165, 1.54) is 29.5 Å². The number of nitrogens with one attached hydrogen (secondary N) is 1. The highest BCUT2D eigenvalue weighted by molar-refractivity contribution is 5.30. The van der Waals surface area contributed by atoms with Gasteiger partial charge in [-0.25, -0.2) is 0 Å². The molecule has 1 aromatic carbocycles. The summed E-state index contributed by atoms with van der Waals surface area (Å²) in [6.45, 7) is 5.01. The lowest BCUT2D eigenvalue weighted by Crippen LogP contribution is -2.28. The molecule has 0 saturated heterocycles. The molecule has 1 aliphatic rings. The molecule has 1 aliphatic carbocycles. The Balaban J connectivity index is 1.77. The van der Waals surface area contributed by atoms with Crippen LogP contribution < -0.4 is 5.32 Å². The number of aliphatic hydroxyl groups is 1. The van der Waals surface area contributed by atoms with Gasteiger partial charge in [-0.15, -0.1) is 0 Å². The van der Waals surface area contributed by atoms with E-state index in [0.717, 1.165) is 19.4 Å². The summed E-state index contributed by atoms with van der Waals surface area (Å²) in [6, 6.07) is 7.23. The van der Waals surface area contributed by atoms with Gasteiger partial charge in [-0.1, -0.05) is 23.8 Å². The highest BCUT2D eigenvalue weighted by Crippen LogP contribution is 2.19. The zero-order chi connectivity index (χ0) is 12.3. The molecule has 0 bridgehead atoms. The normalized spacial score (nSPS) is 17.1. The van der Waals surface area contributed by atoms with Crippen LogP contribution in [0.2, 0.25) is 0 Å². The van der Waals surface area contributed by atoms with Crippen LogP contribution in [-0.4, -0.2) is 23.8 Å². The third kappa shape index (κ3) is 4.14. The Morgan fingerprint density at radius 1 is 1.35 bits per heavy atom. The van der Waals surface area contributed by atoms with E-state index >= 15 is 0 Å².